The average molecular weight is 319 g/mol. The van der Waals surface area contributed by atoms with Crippen LogP contribution in [-0.2, 0) is 6.42 Å². The van der Waals surface area contributed by atoms with Gasteiger partial charge in [0.05, 0.1) is 12.2 Å². The molecule has 0 aromatic heterocycles. The lowest BCUT2D eigenvalue weighted by Gasteiger charge is -2.25. The fourth-order valence-corrected chi connectivity index (χ4v) is 2.54. The van der Waals surface area contributed by atoms with E-state index in [9.17, 15) is 14.6 Å². The lowest BCUT2D eigenvalue weighted by Crippen LogP contribution is -2.34. The molecule has 1 aromatic carbocycles. The van der Waals surface area contributed by atoms with Gasteiger partial charge in [0.1, 0.15) is 5.82 Å². The summed E-state index contributed by atoms with van der Waals surface area (Å²) >= 11 is 3.27. The minimum Gasteiger partial charge on any atom is -0.390 e. The molecule has 1 rings (SSSR count). The zero-order valence-corrected chi connectivity index (χ0v) is 12.3. The molecule has 0 amide bonds. The van der Waals surface area contributed by atoms with Gasteiger partial charge >= 0.3 is 0 Å². The molecule has 0 aliphatic heterocycles. The quantitative estimate of drug-likeness (QED) is 0.845. The molecule has 4 heteroatoms. The predicted octanol–water partition coefficient (Wildman–Crippen LogP) is 3.29. The van der Waals surface area contributed by atoms with Gasteiger partial charge in [0.15, 0.2) is 0 Å². The third-order valence-electron chi connectivity index (χ3n) is 3.36. The van der Waals surface area contributed by atoms with Gasteiger partial charge in [-0.15, -0.1) is 0 Å². The van der Waals surface area contributed by atoms with Gasteiger partial charge in [-0.25, -0.2) is 4.39 Å². The first kappa shape index (κ1) is 15.6. The normalized spacial score (nSPS) is 14.8. The number of hydrogen-bond acceptors (Lipinski definition) is 2. The summed E-state index contributed by atoms with van der Waals surface area (Å²) < 4.78 is 14.3. The molecule has 0 heterocycles. The number of aliphatic hydroxyl groups is 2. The second kappa shape index (κ2) is 7.22. The second-order valence-electron chi connectivity index (χ2n) is 4.57. The van der Waals surface area contributed by atoms with Crippen LogP contribution in [0.25, 0.3) is 0 Å². The van der Waals surface area contributed by atoms with Crippen LogP contribution < -0.4 is 0 Å². The highest BCUT2D eigenvalue weighted by molar-refractivity contribution is 9.10. The number of aliphatic hydroxyl groups excluding tert-OH is 2. The van der Waals surface area contributed by atoms with E-state index in [1.807, 2.05) is 13.8 Å². The predicted molar refractivity (Wildman–Crippen MR) is 73.9 cm³/mol. The Balaban J connectivity index is 2.74. The van der Waals surface area contributed by atoms with E-state index in [1.54, 1.807) is 12.1 Å². The summed E-state index contributed by atoms with van der Waals surface area (Å²) in [5, 5.41) is 20.0. The van der Waals surface area contributed by atoms with Crippen LogP contribution in [0.3, 0.4) is 0 Å². The van der Waals surface area contributed by atoms with Gasteiger partial charge in [-0.1, -0.05) is 42.6 Å². The van der Waals surface area contributed by atoms with Crippen LogP contribution in [0.1, 0.15) is 32.3 Å². The van der Waals surface area contributed by atoms with Crippen molar-refractivity contribution in [3.63, 3.8) is 0 Å². The minimum absolute atomic E-state index is 0.0511. The Morgan fingerprint density at radius 3 is 2.39 bits per heavy atom. The van der Waals surface area contributed by atoms with Crippen LogP contribution in [-0.4, -0.2) is 22.4 Å². The molecule has 2 nitrogen and oxygen atoms in total. The molecule has 18 heavy (non-hydrogen) atoms. The molecule has 102 valence electrons. The van der Waals surface area contributed by atoms with Crippen molar-refractivity contribution < 1.29 is 14.6 Å². The largest absolute Gasteiger partial charge is 0.390 e. The maximum absolute atomic E-state index is 13.5. The summed E-state index contributed by atoms with van der Waals surface area (Å²) in [5.41, 5.74) is 0.418. The topological polar surface area (TPSA) is 40.5 Å². The highest BCUT2D eigenvalue weighted by Crippen LogP contribution is 2.21. The van der Waals surface area contributed by atoms with Crippen LogP contribution >= 0.6 is 15.9 Å². The van der Waals surface area contributed by atoms with E-state index in [0.29, 0.717) is 5.56 Å². The van der Waals surface area contributed by atoms with Crippen LogP contribution in [0.5, 0.6) is 0 Å². The van der Waals surface area contributed by atoms with Crippen molar-refractivity contribution in [2.75, 3.05) is 0 Å². The molecule has 0 fully saturated rings. The molecule has 1 aromatic rings. The van der Waals surface area contributed by atoms with Crippen LogP contribution in [0.4, 0.5) is 4.39 Å². The van der Waals surface area contributed by atoms with Gasteiger partial charge in [0.2, 0.25) is 0 Å². The van der Waals surface area contributed by atoms with Gasteiger partial charge in [0, 0.05) is 10.9 Å². The lowest BCUT2D eigenvalue weighted by atomic mass is 9.90. The second-order valence-corrected chi connectivity index (χ2v) is 5.49. The fraction of sp³-hybridized carbons (Fsp3) is 0.571. The first-order valence-electron chi connectivity index (χ1n) is 6.29. The molecule has 0 saturated carbocycles. The molecule has 0 saturated heterocycles. The Bertz CT molecular complexity index is 380. The number of halogens is 2. The SMILES string of the molecule is CCC(CC)C(O)C(O)Cc1cc(Br)ccc1F. The number of benzene rings is 1. The molecular formula is C14H20BrFO2. The van der Waals surface area contributed by atoms with Crippen molar-refractivity contribution in [1.29, 1.82) is 0 Å². The van der Waals surface area contributed by atoms with Gasteiger partial charge < -0.3 is 10.2 Å². The Morgan fingerprint density at radius 1 is 1.22 bits per heavy atom. The Labute approximate surface area is 116 Å². The van der Waals surface area contributed by atoms with Gasteiger partial charge in [-0.2, -0.15) is 0 Å². The summed E-state index contributed by atoms with van der Waals surface area (Å²) in [5.74, 6) is -0.302. The molecule has 0 spiro atoms. The van der Waals surface area contributed by atoms with Crippen molar-refractivity contribution in [3.8, 4) is 0 Å². The van der Waals surface area contributed by atoms with Gasteiger partial charge in [-0.3, -0.25) is 0 Å². The zero-order valence-electron chi connectivity index (χ0n) is 10.7. The van der Waals surface area contributed by atoms with E-state index in [-0.39, 0.29) is 18.2 Å². The molecule has 0 aliphatic carbocycles. The third-order valence-corrected chi connectivity index (χ3v) is 3.86. The molecule has 0 radical (unpaired) electrons. The highest BCUT2D eigenvalue weighted by Gasteiger charge is 2.24. The van der Waals surface area contributed by atoms with E-state index >= 15 is 0 Å². The van der Waals surface area contributed by atoms with Crippen molar-refractivity contribution >= 4 is 15.9 Å². The summed E-state index contributed by atoms with van der Waals surface area (Å²) in [7, 11) is 0. The monoisotopic (exact) mass is 318 g/mol. The van der Waals surface area contributed by atoms with Gasteiger partial charge in [0.25, 0.3) is 0 Å². The smallest absolute Gasteiger partial charge is 0.126 e. The molecule has 2 atom stereocenters. The molecule has 2 N–H and O–H groups in total. The first-order chi connectivity index (χ1) is 8.49. The van der Waals surface area contributed by atoms with E-state index in [1.165, 1.54) is 6.07 Å². The van der Waals surface area contributed by atoms with Gasteiger partial charge in [-0.05, 0) is 29.7 Å². The number of rotatable bonds is 6. The zero-order chi connectivity index (χ0) is 13.7. The van der Waals surface area contributed by atoms with Crippen LogP contribution in [0.15, 0.2) is 22.7 Å². The lowest BCUT2D eigenvalue weighted by molar-refractivity contribution is -0.0191. The molecule has 0 bridgehead atoms. The fourth-order valence-electron chi connectivity index (χ4n) is 2.13. The molecular weight excluding hydrogens is 299 g/mol. The maximum atomic E-state index is 13.5. The Kier molecular flexibility index (Phi) is 6.26. The van der Waals surface area contributed by atoms with E-state index in [2.05, 4.69) is 15.9 Å². The minimum atomic E-state index is -0.932. The maximum Gasteiger partial charge on any atom is 0.126 e. The standard InChI is InChI=1S/C14H20BrFO2/c1-3-9(4-2)14(18)13(17)8-10-7-11(15)5-6-12(10)16/h5-7,9,13-14,17-18H,3-4,8H2,1-2H3. The van der Waals surface area contributed by atoms with Crippen molar-refractivity contribution in [3.05, 3.63) is 34.1 Å². The Hall–Kier alpha value is -0.450. The van der Waals surface area contributed by atoms with E-state index < -0.39 is 12.2 Å². The molecule has 2 unspecified atom stereocenters. The highest BCUT2D eigenvalue weighted by atomic mass is 79.9. The van der Waals surface area contributed by atoms with Crippen LogP contribution in [0, 0.1) is 11.7 Å². The van der Waals surface area contributed by atoms with Crippen molar-refractivity contribution in [1.82, 2.24) is 0 Å². The average Bonchev–Trinajstić information content (AvgIpc) is 2.35. The molecule has 0 aliphatic rings. The summed E-state index contributed by atoms with van der Waals surface area (Å²) in [6.07, 6.45) is -0.00833. The van der Waals surface area contributed by atoms with Crippen LogP contribution in [0.2, 0.25) is 0 Å². The Morgan fingerprint density at radius 2 is 1.83 bits per heavy atom. The van der Waals surface area contributed by atoms with Crippen molar-refractivity contribution in [2.24, 2.45) is 5.92 Å². The first-order valence-corrected chi connectivity index (χ1v) is 7.08. The summed E-state index contributed by atoms with van der Waals surface area (Å²) in [6, 6.07) is 4.61. The summed E-state index contributed by atoms with van der Waals surface area (Å²) in [6.45, 7) is 3.95. The third kappa shape index (κ3) is 4.04. The van der Waals surface area contributed by atoms with Crippen molar-refractivity contribution in [2.45, 2.75) is 45.3 Å². The van der Waals surface area contributed by atoms with E-state index in [0.717, 1.165) is 17.3 Å². The summed E-state index contributed by atoms with van der Waals surface area (Å²) in [4.78, 5) is 0. The number of hydrogen-bond donors (Lipinski definition) is 2. The van der Waals surface area contributed by atoms with E-state index in [4.69, 9.17) is 0 Å².